The number of ether oxygens (including phenoxy) is 1. The summed E-state index contributed by atoms with van der Waals surface area (Å²) in [6.07, 6.45) is 6.33. The Morgan fingerprint density at radius 3 is 2.47 bits per heavy atom. The molecule has 0 bridgehead atoms. The summed E-state index contributed by atoms with van der Waals surface area (Å²) in [5.41, 5.74) is 0. The molecule has 1 saturated carbocycles. The molecule has 0 aromatic heterocycles. The third-order valence-corrected chi connectivity index (χ3v) is 3.74. The van der Waals surface area contributed by atoms with E-state index in [2.05, 4.69) is 4.90 Å². The Hall–Kier alpha value is -0.120. The zero-order valence-electron chi connectivity index (χ0n) is 9.53. The molecule has 88 valence electrons. The largest absolute Gasteiger partial charge is 0.392 e. The van der Waals surface area contributed by atoms with Gasteiger partial charge in [-0.15, -0.1) is 0 Å². The zero-order chi connectivity index (χ0) is 10.5. The molecule has 1 N–H and O–H groups in total. The van der Waals surface area contributed by atoms with Gasteiger partial charge in [0.1, 0.15) is 0 Å². The van der Waals surface area contributed by atoms with Gasteiger partial charge in [-0.1, -0.05) is 19.3 Å². The van der Waals surface area contributed by atoms with Crippen LogP contribution in [0.1, 0.15) is 32.1 Å². The van der Waals surface area contributed by atoms with Crippen LogP contribution in [0.2, 0.25) is 0 Å². The topological polar surface area (TPSA) is 32.7 Å². The summed E-state index contributed by atoms with van der Waals surface area (Å²) < 4.78 is 5.30. The Morgan fingerprint density at radius 1 is 1.13 bits per heavy atom. The van der Waals surface area contributed by atoms with Gasteiger partial charge in [0.2, 0.25) is 0 Å². The highest BCUT2D eigenvalue weighted by Crippen LogP contribution is 2.26. The van der Waals surface area contributed by atoms with Crippen molar-refractivity contribution < 1.29 is 9.84 Å². The number of β-amino-alcohol motifs (C(OH)–C–C–N with tert-alkyl or cyclic N) is 1. The number of hydrogen-bond acceptors (Lipinski definition) is 3. The lowest BCUT2D eigenvalue weighted by molar-refractivity contribution is -0.00446. The highest BCUT2D eigenvalue weighted by atomic mass is 16.5. The van der Waals surface area contributed by atoms with Crippen molar-refractivity contribution in [2.24, 2.45) is 5.92 Å². The Bertz CT molecular complexity index is 174. The first kappa shape index (κ1) is 11.4. The Morgan fingerprint density at radius 2 is 1.80 bits per heavy atom. The molecule has 1 unspecified atom stereocenters. The molecule has 1 atom stereocenters. The average molecular weight is 213 g/mol. The summed E-state index contributed by atoms with van der Waals surface area (Å²) >= 11 is 0. The fourth-order valence-electron chi connectivity index (χ4n) is 2.72. The quantitative estimate of drug-likeness (QED) is 0.766. The van der Waals surface area contributed by atoms with Gasteiger partial charge in [0, 0.05) is 19.6 Å². The third kappa shape index (κ3) is 3.44. The van der Waals surface area contributed by atoms with Gasteiger partial charge >= 0.3 is 0 Å². The highest BCUT2D eigenvalue weighted by molar-refractivity contribution is 4.76. The lowest BCUT2D eigenvalue weighted by atomic mass is 9.85. The Labute approximate surface area is 92.4 Å². The molecule has 1 aliphatic carbocycles. The molecule has 1 heterocycles. The van der Waals surface area contributed by atoms with E-state index < -0.39 is 0 Å². The minimum absolute atomic E-state index is 0.108. The zero-order valence-corrected chi connectivity index (χ0v) is 9.53. The fraction of sp³-hybridized carbons (Fsp3) is 1.00. The minimum Gasteiger partial charge on any atom is -0.392 e. The average Bonchev–Trinajstić information content (AvgIpc) is 2.31. The van der Waals surface area contributed by atoms with Crippen LogP contribution in [0, 0.1) is 5.92 Å². The molecule has 3 nitrogen and oxygen atoms in total. The molecule has 1 saturated heterocycles. The highest BCUT2D eigenvalue weighted by Gasteiger charge is 2.24. The number of aliphatic hydroxyl groups is 1. The van der Waals surface area contributed by atoms with Gasteiger partial charge in [-0.2, -0.15) is 0 Å². The fourth-order valence-corrected chi connectivity index (χ4v) is 2.72. The maximum absolute atomic E-state index is 10.1. The van der Waals surface area contributed by atoms with E-state index in [1.54, 1.807) is 0 Å². The molecule has 0 aromatic rings. The van der Waals surface area contributed by atoms with Gasteiger partial charge in [-0.25, -0.2) is 0 Å². The summed E-state index contributed by atoms with van der Waals surface area (Å²) in [6.45, 7) is 4.50. The van der Waals surface area contributed by atoms with Gasteiger partial charge in [0.25, 0.3) is 0 Å². The van der Waals surface area contributed by atoms with E-state index in [1.807, 2.05) is 0 Å². The third-order valence-electron chi connectivity index (χ3n) is 3.74. The number of rotatable bonds is 3. The van der Waals surface area contributed by atoms with E-state index in [4.69, 9.17) is 4.74 Å². The lowest BCUT2D eigenvalue weighted by Crippen LogP contribution is -2.43. The molecule has 15 heavy (non-hydrogen) atoms. The van der Waals surface area contributed by atoms with Crippen molar-refractivity contribution >= 4 is 0 Å². The molecule has 3 heteroatoms. The van der Waals surface area contributed by atoms with E-state index in [-0.39, 0.29) is 6.10 Å². The predicted octanol–water partition coefficient (Wildman–Crippen LogP) is 1.26. The second kappa shape index (κ2) is 5.83. The van der Waals surface area contributed by atoms with E-state index in [9.17, 15) is 5.11 Å². The van der Waals surface area contributed by atoms with Gasteiger partial charge in [0.15, 0.2) is 0 Å². The number of morpholine rings is 1. The van der Waals surface area contributed by atoms with Gasteiger partial charge in [-0.3, -0.25) is 4.90 Å². The van der Waals surface area contributed by atoms with Crippen molar-refractivity contribution in [2.75, 3.05) is 32.8 Å². The van der Waals surface area contributed by atoms with Crippen molar-refractivity contribution in [1.82, 2.24) is 4.90 Å². The molecule has 0 radical (unpaired) electrons. The van der Waals surface area contributed by atoms with E-state index in [0.717, 1.165) is 32.8 Å². The van der Waals surface area contributed by atoms with E-state index >= 15 is 0 Å². The molecule has 0 amide bonds. The molecule has 1 aliphatic heterocycles. The maximum Gasteiger partial charge on any atom is 0.0695 e. The summed E-state index contributed by atoms with van der Waals surface area (Å²) in [6, 6.07) is 0. The lowest BCUT2D eigenvalue weighted by Gasteiger charge is -2.33. The normalized spacial score (nSPS) is 27.8. The molecule has 2 rings (SSSR count). The van der Waals surface area contributed by atoms with Crippen LogP contribution in [0.15, 0.2) is 0 Å². The van der Waals surface area contributed by atoms with Gasteiger partial charge in [-0.05, 0) is 18.8 Å². The van der Waals surface area contributed by atoms with Crippen LogP contribution in [-0.2, 0) is 4.74 Å². The number of aliphatic hydroxyl groups excluding tert-OH is 1. The molecule has 2 aliphatic rings. The second-order valence-corrected chi connectivity index (χ2v) is 4.88. The maximum atomic E-state index is 10.1. The van der Waals surface area contributed by atoms with Gasteiger partial charge < -0.3 is 9.84 Å². The van der Waals surface area contributed by atoms with Crippen LogP contribution in [0.3, 0.4) is 0 Å². The molecule has 2 fully saturated rings. The second-order valence-electron chi connectivity index (χ2n) is 4.88. The summed E-state index contributed by atoms with van der Waals surface area (Å²) in [5, 5.41) is 10.1. The summed E-state index contributed by atoms with van der Waals surface area (Å²) in [4.78, 5) is 2.34. The van der Waals surface area contributed by atoms with Crippen molar-refractivity contribution in [3.05, 3.63) is 0 Å². The van der Waals surface area contributed by atoms with Crippen molar-refractivity contribution in [3.63, 3.8) is 0 Å². The standard InChI is InChI=1S/C12H23NO2/c14-12(11-4-2-1-3-5-11)10-13-6-8-15-9-7-13/h11-12,14H,1-10H2. The molecule has 0 spiro atoms. The van der Waals surface area contributed by atoms with Crippen LogP contribution < -0.4 is 0 Å². The monoisotopic (exact) mass is 213 g/mol. The van der Waals surface area contributed by atoms with Crippen LogP contribution >= 0.6 is 0 Å². The van der Waals surface area contributed by atoms with Crippen LogP contribution in [0.25, 0.3) is 0 Å². The van der Waals surface area contributed by atoms with E-state index in [0.29, 0.717) is 5.92 Å². The van der Waals surface area contributed by atoms with E-state index in [1.165, 1.54) is 32.1 Å². The first-order chi connectivity index (χ1) is 7.36. The number of hydrogen-bond donors (Lipinski definition) is 1. The Balaban J connectivity index is 1.72. The number of nitrogens with zero attached hydrogens (tertiary/aromatic N) is 1. The van der Waals surface area contributed by atoms with Crippen molar-refractivity contribution in [2.45, 2.75) is 38.2 Å². The summed E-state index contributed by atoms with van der Waals surface area (Å²) in [7, 11) is 0. The molecular formula is C12H23NO2. The van der Waals surface area contributed by atoms with Crippen LogP contribution in [0.5, 0.6) is 0 Å². The van der Waals surface area contributed by atoms with Gasteiger partial charge in [0.05, 0.1) is 19.3 Å². The molecular weight excluding hydrogens is 190 g/mol. The molecule has 0 aromatic carbocycles. The van der Waals surface area contributed by atoms with Crippen molar-refractivity contribution in [1.29, 1.82) is 0 Å². The first-order valence-electron chi connectivity index (χ1n) is 6.34. The minimum atomic E-state index is -0.108. The van der Waals surface area contributed by atoms with Crippen molar-refractivity contribution in [3.8, 4) is 0 Å². The summed E-state index contributed by atoms with van der Waals surface area (Å²) in [5.74, 6) is 0.557. The van der Waals surface area contributed by atoms with Crippen LogP contribution in [0.4, 0.5) is 0 Å². The first-order valence-corrected chi connectivity index (χ1v) is 6.34. The predicted molar refractivity (Wildman–Crippen MR) is 59.8 cm³/mol. The Kier molecular flexibility index (Phi) is 4.42. The van der Waals surface area contributed by atoms with Crippen LogP contribution in [-0.4, -0.2) is 49.0 Å². The smallest absolute Gasteiger partial charge is 0.0695 e. The SMILES string of the molecule is OC(CN1CCOCC1)C1CCCCC1.